The van der Waals surface area contributed by atoms with Gasteiger partial charge < -0.3 is 20.3 Å². The molecule has 3 N–H and O–H groups in total. The third kappa shape index (κ3) is 63.4. The Balaban J connectivity index is 3.36. The van der Waals surface area contributed by atoms with E-state index in [-0.39, 0.29) is 18.5 Å². The van der Waals surface area contributed by atoms with Crippen molar-refractivity contribution in [3.05, 3.63) is 24.3 Å². The molecule has 0 aromatic heterocycles. The van der Waals surface area contributed by atoms with Crippen LogP contribution in [0.2, 0.25) is 0 Å². The van der Waals surface area contributed by atoms with Gasteiger partial charge in [-0.3, -0.25) is 9.59 Å². The molecule has 77 heavy (non-hydrogen) atoms. The zero-order valence-electron chi connectivity index (χ0n) is 52.2. The minimum Gasteiger partial charge on any atom is -0.466 e. The van der Waals surface area contributed by atoms with Crippen molar-refractivity contribution in [2.24, 2.45) is 0 Å². The van der Waals surface area contributed by atoms with E-state index in [0.717, 1.165) is 38.5 Å². The van der Waals surface area contributed by atoms with Crippen LogP contribution in [0.3, 0.4) is 0 Å². The number of carbonyl (C=O) groups is 2. The summed E-state index contributed by atoms with van der Waals surface area (Å²) in [6.45, 7) is 4.94. The molecule has 0 aromatic carbocycles. The highest BCUT2D eigenvalue weighted by Crippen LogP contribution is 2.19. The Bertz CT molecular complexity index is 1200. The Labute approximate surface area is 481 Å². The molecule has 6 nitrogen and oxygen atoms in total. The van der Waals surface area contributed by atoms with Crippen molar-refractivity contribution >= 4 is 11.9 Å². The van der Waals surface area contributed by atoms with Crippen molar-refractivity contribution in [1.29, 1.82) is 0 Å². The third-order valence-electron chi connectivity index (χ3n) is 16.5. The fraction of sp³-hybridized carbons (Fsp3) is 0.915. The number of esters is 1. The van der Waals surface area contributed by atoms with Crippen LogP contribution >= 0.6 is 0 Å². The molecule has 0 aromatic rings. The van der Waals surface area contributed by atoms with Gasteiger partial charge in [0.25, 0.3) is 0 Å². The second-order valence-corrected chi connectivity index (χ2v) is 24.2. The minimum absolute atomic E-state index is 0.0202. The van der Waals surface area contributed by atoms with Crippen LogP contribution in [-0.2, 0) is 14.3 Å². The monoisotopic (exact) mass is 1080 g/mol. The van der Waals surface area contributed by atoms with E-state index in [4.69, 9.17) is 4.74 Å². The summed E-state index contributed by atoms with van der Waals surface area (Å²) < 4.78 is 5.51. The second-order valence-electron chi connectivity index (χ2n) is 24.2. The standard InChI is InChI=1S/C71H137NO5/c1-3-5-7-9-11-13-15-17-19-20-30-34-37-41-45-49-53-57-61-65-71(76)77-66-62-58-54-50-46-42-38-35-32-29-27-25-23-21-22-24-26-28-31-33-36-40-44-48-52-56-60-64-70(75)72-68(67-73)69(74)63-59-55-51-47-43-39-18-16-14-12-10-8-6-4-2/h21-22,59,63,68-69,73-74H,3-20,23-58,60-62,64-67H2,1-2H3,(H,72,75)/b22-21-,63-59+. The van der Waals surface area contributed by atoms with Crippen LogP contribution in [0.5, 0.6) is 0 Å². The Morgan fingerprint density at radius 3 is 0.922 bits per heavy atom. The van der Waals surface area contributed by atoms with Gasteiger partial charge in [0.1, 0.15) is 0 Å². The lowest BCUT2D eigenvalue weighted by atomic mass is 10.0. The molecule has 0 aliphatic carbocycles. The van der Waals surface area contributed by atoms with E-state index in [1.807, 2.05) is 6.08 Å². The average molecular weight is 1080 g/mol. The molecule has 0 saturated carbocycles. The van der Waals surface area contributed by atoms with E-state index < -0.39 is 12.1 Å². The lowest BCUT2D eigenvalue weighted by molar-refractivity contribution is -0.143. The topological polar surface area (TPSA) is 95.9 Å². The van der Waals surface area contributed by atoms with Gasteiger partial charge in [0.2, 0.25) is 5.91 Å². The van der Waals surface area contributed by atoms with E-state index in [1.54, 1.807) is 6.08 Å². The number of unbranched alkanes of at least 4 members (excludes halogenated alkanes) is 53. The van der Waals surface area contributed by atoms with Gasteiger partial charge in [-0.15, -0.1) is 0 Å². The van der Waals surface area contributed by atoms with Gasteiger partial charge in [-0.1, -0.05) is 346 Å². The molecule has 0 bridgehead atoms. The molecule has 1 amide bonds. The van der Waals surface area contributed by atoms with Crippen LogP contribution in [0.1, 0.15) is 393 Å². The van der Waals surface area contributed by atoms with Crippen molar-refractivity contribution < 1.29 is 24.5 Å². The molecule has 0 aliphatic rings. The van der Waals surface area contributed by atoms with Gasteiger partial charge in [-0.05, 0) is 57.8 Å². The smallest absolute Gasteiger partial charge is 0.305 e. The van der Waals surface area contributed by atoms with Crippen molar-refractivity contribution in [2.75, 3.05) is 13.2 Å². The lowest BCUT2D eigenvalue weighted by Gasteiger charge is -2.20. The van der Waals surface area contributed by atoms with E-state index in [9.17, 15) is 19.8 Å². The number of ether oxygens (including phenoxy) is 1. The maximum atomic E-state index is 12.5. The minimum atomic E-state index is -0.844. The van der Waals surface area contributed by atoms with Crippen LogP contribution in [0.15, 0.2) is 24.3 Å². The number of carbonyl (C=O) groups excluding carboxylic acids is 2. The summed E-state index contributed by atoms with van der Waals surface area (Å²) in [6, 6.07) is -0.628. The second kappa shape index (κ2) is 66.8. The zero-order valence-corrected chi connectivity index (χ0v) is 52.2. The Hall–Kier alpha value is -1.66. The Kier molecular flexibility index (Phi) is 65.4. The fourth-order valence-corrected chi connectivity index (χ4v) is 11.1. The number of hydrogen-bond donors (Lipinski definition) is 3. The zero-order chi connectivity index (χ0) is 55.7. The first-order valence-corrected chi connectivity index (χ1v) is 35.1. The molecular formula is C71H137NO5. The molecule has 0 rings (SSSR count). The van der Waals surface area contributed by atoms with E-state index in [1.165, 1.54) is 327 Å². The molecule has 0 fully saturated rings. The fourth-order valence-electron chi connectivity index (χ4n) is 11.1. The van der Waals surface area contributed by atoms with Gasteiger partial charge in [0.05, 0.1) is 25.4 Å². The van der Waals surface area contributed by atoms with Crippen LogP contribution in [0, 0.1) is 0 Å². The summed E-state index contributed by atoms with van der Waals surface area (Å²) >= 11 is 0. The summed E-state index contributed by atoms with van der Waals surface area (Å²) in [5, 5.41) is 23.1. The highest BCUT2D eigenvalue weighted by Gasteiger charge is 2.18. The molecule has 0 heterocycles. The van der Waals surface area contributed by atoms with Crippen LogP contribution in [-0.4, -0.2) is 47.4 Å². The van der Waals surface area contributed by atoms with Crippen LogP contribution < -0.4 is 5.32 Å². The molecule has 2 unspecified atom stereocenters. The number of nitrogens with one attached hydrogen (secondary N) is 1. The average Bonchev–Trinajstić information content (AvgIpc) is 3.43. The Morgan fingerprint density at radius 2 is 0.610 bits per heavy atom. The Morgan fingerprint density at radius 1 is 0.351 bits per heavy atom. The molecule has 456 valence electrons. The summed E-state index contributed by atoms with van der Waals surface area (Å²) in [5.41, 5.74) is 0. The predicted molar refractivity (Wildman–Crippen MR) is 338 cm³/mol. The highest BCUT2D eigenvalue weighted by atomic mass is 16.5. The molecule has 0 spiro atoms. The van der Waals surface area contributed by atoms with Crippen molar-refractivity contribution in [3.63, 3.8) is 0 Å². The normalized spacial score (nSPS) is 12.6. The van der Waals surface area contributed by atoms with Crippen molar-refractivity contribution in [1.82, 2.24) is 5.32 Å². The highest BCUT2D eigenvalue weighted by molar-refractivity contribution is 5.76. The summed E-state index contributed by atoms with van der Waals surface area (Å²) in [7, 11) is 0. The summed E-state index contributed by atoms with van der Waals surface area (Å²) in [6.07, 6.45) is 84.0. The molecule has 0 radical (unpaired) electrons. The summed E-state index contributed by atoms with van der Waals surface area (Å²) in [5.74, 6) is -0.0467. The van der Waals surface area contributed by atoms with Gasteiger partial charge >= 0.3 is 5.97 Å². The van der Waals surface area contributed by atoms with Gasteiger partial charge in [0.15, 0.2) is 0 Å². The first kappa shape index (κ1) is 75.3. The number of amides is 1. The first-order chi connectivity index (χ1) is 38.0. The lowest BCUT2D eigenvalue weighted by Crippen LogP contribution is -2.45. The maximum Gasteiger partial charge on any atom is 0.305 e. The molecule has 6 heteroatoms. The van der Waals surface area contributed by atoms with Gasteiger partial charge in [-0.25, -0.2) is 0 Å². The molecule has 2 atom stereocenters. The van der Waals surface area contributed by atoms with Gasteiger partial charge in [0, 0.05) is 12.8 Å². The van der Waals surface area contributed by atoms with Gasteiger partial charge in [-0.2, -0.15) is 0 Å². The quantitative estimate of drug-likeness (QED) is 0.0320. The van der Waals surface area contributed by atoms with E-state index in [0.29, 0.717) is 19.4 Å². The number of aliphatic hydroxyl groups is 2. The van der Waals surface area contributed by atoms with Crippen molar-refractivity contribution in [2.45, 2.75) is 405 Å². The van der Waals surface area contributed by atoms with Crippen LogP contribution in [0.4, 0.5) is 0 Å². The third-order valence-corrected chi connectivity index (χ3v) is 16.5. The van der Waals surface area contributed by atoms with E-state index >= 15 is 0 Å². The number of aliphatic hydroxyl groups excluding tert-OH is 2. The predicted octanol–water partition coefficient (Wildman–Crippen LogP) is 22.5. The molecule has 0 saturated heterocycles. The SMILES string of the molecule is CCCCCCCCCCCCCC/C=C/C(O)C(CO)NC(=O)CCCCCCCCCCCCC/C=C\CCCCCCCCCCCCCCOC(=O)CCCCCCCCCCCCCCCCCCCCC. The molecule has 0 aliphatic heterocycles. The largest absolute Gasteiger partial charge is 0.466 e. The number of allylic oxidation sites excluding steroid dienone is 3. The van der Waals surface area contributed by atoms with Crippen LogP contribution in [0.25, 0.3) is 0 Å². The maximum absolute atomic E-state index is 12.5. The number of rotatable bonds is 66. The van der Waals surface area contributed by atoms with E-state index in [2.05, 4.69) is 31.3 Å². The summed E-state index contributed by atoms with van der Waals surface area (Å²) in [4.78, 5) is 24.6. The van der Waals surface area contributed by atoms with Crippen molar-refractivity contribution in [3.8, 4) is 0 Å². The first-order valence-electron chi connectivity index (χ1n) is 35.1. The number of hydrogen-bond acceptors (Lipinski definition) is 5. The molecular weight excluding hydrogens is 947 g/mol.